The zero-order chi connectivity index (χ0) is 47.0. The normalized spacial score (nSPS) is 18.1. The molecular formula is C45H47ClF3N5O10Si. The zero-order valence-corrected chi connectivity index (χ0v) is 38.6. The molecule has 0 aliphatic carbocycles. The van der Waals surface area contributed by atoms with Gasteiger partial charge in [-0.3, -0.25) is 14.5 Å². The van der Waals surface area contributed by atoms with Gasteiger partial charge in [0.25, 0.3) is 11.8 Å². The van der Waals surface area contributed by atoms with Crippen LogP contribution in [0, 0.1) is 0 Å². The number of nitrogens with one attached hydrogen (secondary N) is 3. The number of para-hydroxylation sites is 1. The molecule has 2 aliphatic heterocycles. The van der Waals surface area contributed by atoms with Crippen LogP contribution in [0.3, 0.4) is 0 Å². The Balaban J connectivity index is 1.18. The smallest absolute Gasteiger partial charge is 0.432 e. The third-order valence-corrected chi connectivity index (χ3v) is 17.4. The van der Waals surface area contributed by atoms with E-state index in [0.717, 1.165) is 7.11 Å². The van der Waals surface area contributed by atoms with Crippen molar-refractivity contribution in [3.8, 4) is 11.5 Å². The fraction of sp³-hybridized carbons (Fsp3) is 0.378. The van der Waals surface area contributed by atoms with Crippen molar-refractivity contribution in [2.75, 3.05) is 56.6 Å². The molecule has 6 aromatic rings. The molecule has 0 radical (unpaired) electrons. The molecule has 5 heterocycles. The fourth-order valence-corrected chi connectivity index (χ4v) is 10.1. The first-order valence-corrected chi connectivity index (χ1v) is 24.1. The van der Waals surface area contributed by atoms with E-state index < -0.39 is 67.0 Å². The van der Waals surface area contributed by atoms with Crippen LogP contribution in [-0.4, -0.2) is 99.2 Å². The second-order valence-electron chi connectivity index (χ2n) is 17.7. The van der Waals surface area contributed by atoms with Gasteiger partial charge in [0.05, 0.1) is 50.7 Å². The summed E-state index contributed by atoms with van der Waals surface area (Å²) in [4.78, 5) is 63.7. The van der Waals surface area contributed by atoms with Crippen molar-refractivity contribution in [2.24, 2.45) is 0 Å². The fourth-order valence-electron chi connectivity index (χ4n) is 8.25. The number of esters is 1. The zero-order valence-electron chi connectivity index (χ0n) is 36.8. The second-order valence-corrected chi connectivity index (χ2v) is 22.8. The largest absolute Gasteiger partial charge is 0.493 e. The van der Waals surface area contributed by atoms with E-state index in [1.807, 2.05) is 33.9 Å². The number of alkyl halides is 4. The van der Waals surface area contributed by atoms with Crippen molar-refractivity contribution in [3.05, 3.63) is 82.9 Å². The van der Waals surface area contributed by atoms with E-state index in [9.17, 15) is 32.3 Å². The van der Waals surface area contributed by atoms with Crippen LogP contribution >= 0.6 is 11.6 Å². The Morgan fingerprint density at radius 2 is 1.75 bits per heavy atom. The number of rotatable bonds is 9. The lowest BCUT2D eigenvalue weighted by Crippen LogP contribution is -2.64. The summed E-state index contributed by atoms with van der Waals surface area (Å²) < 4.78 is 79.0. The van der Waals surface area contributed by atoms with Gasteiger partial charge in [-0.1, -0.05) is 32.9 Å². The molecule has 0 spiro atoms. The summed E-state index contributed by atoms with van der Waals surface area (Å²) in [6.45, 7) is 11.9. The lowest BCUT2D eigenvalue weighted by Gasteiger charge is -2.49. The molecule has 3 N–H and O–H groups in total. The molecule has 8 rings (SSSR count). The molecule has 3 amide bonds. The van der Waals surface area contributed by atoms with E-state index in [1.54, 1.807) is 55.5 Å². The van der Waals surface area contributed by atoms with Gasteiger partial charge in [-0.05, 0) is 67.0 Å². The number of fused-ring (bicyclic) bond motifs is 5. The number of furan rings is 1. The van der Waals surface area contributed by atoms with E-state index in [4.69, 9.17) is 39.4 Å². The highest BCUT2D eigenvalue weighted by Crippen LogP contribution is 2.50. The average Bonchev–Trinajstić information content (AvgIpc) is 4.04. The predicted octanol–water partition coefficient (Wildman–Crippen LogP) is 10.0. The minimum Gasteiger partial charge on any atom is -0.493 e. The first kappa shape index (κ1) is 45.5. The molecular weight excluding hydrogens is 891 g/mol. The van der Waals surface area contributed by atoms with Crippen LogP contribution in [0.1, 0.15) is 76.3 Å². The number of amides is 3. The molecule has 0 unspecified atom stereocenters. The minimum absolute atomic E-state index is 0.00357. The first-order valence-electron chi connectivity index (χ1n) is 20.6. The summed E-state index contributed by atoms with van der Waals surface area (Å²) in [5, 5.41) is 3.51. The number of aromatic nitrogens is 2. The Kier molecular flexibility index (Phi) is 11.5. The number of carbonyl (C=O) groups excluding carboxylic acids is 4. The van der Waals surface area contributed by atoms with E-state index >= 15 is 0 Å². The van der Waals surface area contributed by atoms with Crippen molar-refractivity contribution in [1.82, 2.24) is 14.9 Å². The Morgan fingerprint density at radius 1 is 1.00 bits per heavy atom. The molecule has 20 heteroatoms. The number of ether oxygens (including phenoxy) is 4. The Labute approximate surface area is 376 Å². The van der Waals surface area contributed by atoms with Crippen molar-refractivity contribution in [3.63, 3.8) is 0 Å². The number of methoxy groups -OCH3 is 2. The second kappa shape index (κ2) is 16.4. The minimum atomic E-state index is -5.09. The van der Waals surface area contributed by atoms with Crippen LogP contribution < -0.4 is 19.7 Å². The molecule has 1 saturated heterocycles. The Bertz CT molecular complexity index is 2900. The number of hydrogen-bond acceptors (Lipinski definition) is 10. The summed E-state index contributed by atoms with van der Waals surface area (Å²) in [5.41, 5.74) is -2.29. The number of nitrogens with zero attached hydrogens (tertiary/aromatic N) is 2. The van der Waals surface area contributed by atoms with Crippen molar-refractivity contribution in [2.45, 2.75) is 63.6 Å². The van der Waals surface area contributed by atoms with E-state index in [2.05, 4.69) is 15.3 Å². The van der Waals surface area contributed by atoms with Crippen LogP contribution in [0.4, 0.5) is 29.3 Å². The van der Waals surface area contributed by atoms with Crippen LogP contribution in [0.5, 0.6) is 11.5 Å². The van der Waals surface area contributed by atoms with Gasteiger partial charge in [0.1, 0.15) is 11.4 Å². The highest BCUT2D eigenvalue weighted by Gasteiger charge is 2.50. The third-order valence-electron chi connectivity index (χ3n) is 12.4. The lowest BCUT2D eigenvalue weighted by molar-refractivity contribution is -0.151. The highest BCUT2D eigenvalue weighted by atomic mass is 35.5. The molecule has 344 valence electrons. The summed E-state index contributed by atoms with van der Waals surface area (Å²) >= 11 is 6.51. The predicted molar refractivity (Wildman–Crippen MR) is 239 cm³/mol. The Hall–Kier alpha value is -6.02. The van der Waals surface area contributed by atoms with Crippen molar-refractivity contribution >= 4 is 87.9 Å². The molecule has 0 bridgehead atoms. The van der Waals surface area contributed by atoms with Crippen molar-refractivity contribution < 1.29 is 60.1 Å². The number of anilines is 2. The molecule has 2 aliphatic rings. The molecule has 3 aromatic heterocycles. The molecule has 2 atom stereocenters. The average molecular weight is 938 g/mol. The number of aromatic amines is 2. The van der Waals surface area contributed by atoms with Gasteiger partial charge in [-0.15, -0.1) is 11.6 Å². The first-order chi connectivity index (χ1) is 30.6. The third kappa shape index (κ3) is 8.08. The van der Waals surface area contributed by atoms with Gasteiger partial charge < -0.3 is 48.0 Å². The van der Waals surface area contributed by atoms with Gasteiger partial charge in [0.15, 0.2) is 36.9 Å². The van der Waals surface area contributed by atoms with Gasteiger partial charge >= 0.3 is 18.2 Å². The van der Waals surface area contributed by atoms with Gasteiger partial charge in [0.2, 0.25) is 0 Å². The molecule has 1 fully saturated rings. The summed E-state index contributed by atoms with van der Waals surface area (Å²) in [7, 11) is -0.106. The van der Waals surface area contributed by atoms with Crippen LogP contribution in [0.2, 0.25) is 18.1 Å². The maximum atomic E-state index is 14.8. The van der Waals surface area contributed by atoms with Crippen molar-refractivity contribution in [1.29, 1.82) is 0 Å². The molecule has 15 nitrogen and oxygen atoms in total. The summed E-state index contributed by atoms with van der Waals surface area (Å²) in [5.74, 6) is -3.26. The maximum Gasteiger partial charge on any atom is 0.432 e. The van der Waals surface area contributed by atoms with Crippen LogP contribution in [0.25, 0.3) is 32.8 Å². The summed E-state index contributed by atoms with van der Waals surface area (Å²) in [6.07, 6.45) is -6.05. The van der Waals surface area contributed by atoms with E-state index in [0.29, 0.717) is 33.3 Å². The lowest BCUT2D eigenvalue weighted by atomic mass is 9.95. The molecule has 0 saturated carbocycles. The van der Waals surface area contributed by atoms with Gasteiger partial charge in [-0.2, -0.15) is 13.2 Å². The monoisotopic (exact) mass is 937 g/mol. The summed E-state index contributed by atoms with van der Waals surface area (Å²) in [6, 6.07) is 14.7. The SMILES string of the molecule is COC(=O)c1c(C(F)(F)F)[nH]c2c(OC(=O)N3CCOC[C@@]3(C)O[Si](C)(C)C(C)(C)C)cc3c(c12)[C@H](CCl)CN3C(=O)c1cc2cc(NC(=O)c3cc4cccc(OC)c4o3)ccc2[nH]1. The number of benzene rings is 3. The molecule has 65 heavy (non-hydrogen) atoms. The van der Waals surface area contributed by atoms with E-state index in [-0.39, 0.29) is 70.8 Å². The topological polar surface area (TPSA) is 178 Å². The van der Waals surface area contributed by atoms with Gasteiger partial charge in [0, 0.05) is 51.8 Å². The maximum absolute atomic E-state index is 14.8. The quantitative estimate of drug-likeness (QED) is 0.0718. The highest BCUT2D eigenvalue weighted by molar-refractivity contribution is 6.74. The van der Waals surface area contributed by atoms with Gasteiger partial charge in [-0.25, -0.2) is 9.59 Å². The van der Waals surface area contributed by atoms with Crippen LogP contribution in [0.15, 0.2) is 59.0 Å². The van der Waals surface area contributed by atoms with Crippen LogP contribution in [-0.2, 0) is 20.1 Å². The number of morpholine rings is 1. The number of carbonyl (C=O) groups is 4. The van der Waals surface area contributed by atoms with E-state index in [1.165, 1.54) is 23.0 Å². The molecule has 3 aromatic carbocycles. The Morgan fingerprint density at radius 3 is 2.43 bits per heavy atom. The number of hydrogen-bond donors (Lipinski definition) is 3. The number of H-pyrrole nitrogens is 2. The number of halogens is 4. The standard InChI is InChI=1S/C45H47ClF3N5O10Si/c1-43(2,3)65(7,8)64-44(4)22-61-15-14-54(44)42(58)63-31-19-29-33(34-35(41(57)60-6)38(45(47,48)49)52-36(31)34)25(20-46)21-53(29)40(56)28-17-24-16-26(12-13-27(24)51-28)50-39(55)32-18-23-10-9-11-30(59-5)37(23)62-32/h9-13,16-19,25,51-52H,14-15,20-22H2,1-8H3,(H,50,55)/t25-,44-/m1/s1.